The Morgan fingerprint density at radius 2 is 1.33 bits per heavy atom. The average molecular weight is 427 g/mol. The molecule has 1 N–H and O–H groups in total. The van der Waals surface area contributed by atoms with Crippen molar-refractivity contribution in [3.8, 4) is 0 Å². The van der Waals surface area contributed by atoms with E-state index in [1.807, 2.05) is 60.7 Å². The zero-order valence-electron chi connectivity index (χ0n) is 18.8. The van der Waals surface area contributed by atoms with E-state index >= 15 is 0 Å². The van der Waals surface area contributed by atoms with Crippen molar-refractivity contribution in [1.29, 1.82) is 0 Å². The summed E-state index contributed by atoms with van der Waals surface area (Å²) in [5.74, 6) is 0. The van der Waals surface area contributed by atoms with Gasteiger partial charge in [-0.2, -0.15) is 0 Å². The molecule has 0 heterocycles. The topological polar surface area (TPSA) is 32.3 Å². The summed E-state index contributed by atoms with van der Waals surface area (Å²) in [7, 11) is -2.90. The molecule has 3 rings (SSSR count). The van der Waals surface area contributed by atoms with Gasteiger partial charge >= 0.3 is 0 Å². The molecule has 164 valence electrons. The van der Waals surface area contributed by atoms with Gasteiger partial charge in [0, 0.05) is 22.7 Å². The molecule has 2 aromatic rings. The van der Waals surface area contributed by atoms with E-state index in [-0.39, 0.29) is 6.04 Å². The number of rotatable bonds is 11. The lowest BCUT2D eigenvalue weighted by atomic mass is 9.89. The second kappa shape index (κ2) is 11.8. The van der Waals surface area contributed by atoms with Gasteiger partial charge < -0.3 is 0 Å². The van der Waals surface area contributed by atoms with Crippen molar-refractivity contribution < 1.29 is 4.57 Å². The van der Waals surface area contributed by atoms with Crippen molar-refractivity contribution in [3.63, 3.8) is 0 Å². The molecule has 30 heavy (non-hydrogen) atoms. The van der Waals surface area contributed by atoms with Crippen molar-refractivity contribution in [2.45, 2.75) is 77.3 Å². The number of benzene rings is 2. The van der Waals surface area contributed by atoms with E-state index in [1.165, 1.54) is 44.9 Å². The van der Waals surface area contributed by atoms with Crippen molar-refractivity contribution in [3.05, 3.63) is 60.7 Å². The van der Waals surface area contributed by atoms with Crippen LogP contribution in [0.15, 0.2) is 60.7 Å². The fourth-order valence-corrected chi connectivity index (χ4v) is 7.22. The van der Waals surface area contributed by atoms with Crippen LogP contribution in [0, 0.1) is 0 Å². The molecular weight excluding hydrogens is 387 g/mol. The van der Waals surface area contributed by atoms with E-state index < -0.39 is 7.29 Å². The Morgan fingerprint density at radius 1 is 0.833 bits per heavy atom. The highest BCUT2D eigenvalue weighted by molar-refractivity contribution is 7.76. The molecular formula is C26H39N2OP. The zero-order chi connectivity index (χ0) is 21.2. The molecule has 0 aliphatic heterocycles. The van der Waals surface area contributed by atoms with Crippen LogP contribution in [0.4, 0.5) is 0 Å². The average Bonchev–Trinajstić information content (AvgIpc) is 2.81. The molecule has 1 fully saturated rings. The van der Waals surface area contributed by atoms with E-state index in [0.29, 0.717) is 6.04 Å². The predicted octanol–water partition coefficient (Wildman–Crippen LogP) is 5.72. The van der Waals surface area contributed by atoms with Crippen LogP contribution in [-0.4, -0.2) is 30.1 Å². The van der Waals surface area contributed by atoms with Gasteiger partial charge in [0.15, 0.2) is 0 Å². The molecule has 3 nitrogen and oxygen atoms in total. The molecule has 0 amide bonds. The molecule has 4 heteroatoms. The van der Waals surface area contributed by atoms with Gasteiger partial charge in [-0.05, 0) is 63.0 Å². The minimum Gasteiger partial charge on any atom is -0.299 e. The molecule has 0 saturated heterocycles. The van der Waals surface area contributed by atoms with Gasteiger partial charge in [-0.3, -0.25) is 14.6 Å². The lowest BCUT2D eigenvalue weighted by molar-refractivity contribution is 0.127. The maximum absolute atomic E-state index is 14.6. The first-order valence-corrected chi connectivity index (χ1v) is 13.6. The number of hydrogen-bond acceptors (Lipinski definition) is 2. The Bertz CT molecular complexity index is 729. The van der Waals surface area contributed by atoms with Gasteiger partial charge in [0.05, 0.1) is 0 Å². The Morgan fingerprint density at radius 3 is 1.83 bits per heavy atom. The monoisotopic (exact) mass is 426 g/mol. The molecule has 0 aromatic heterocycles. The van der Waals surface area contributed by atoms with Gasteiger partial charge in [-0.15, -0.1) is 0 Å². The van der Waals surface area contributed by atoms with Crippen LogP contribution in [0.5, 0.6) is 0 Å². The Hall–Kier alpha value is -1.41. The smallest absolute Gasteiger partial charge is 0.204 e. The summed E-state index contributed by atoms with van der Waals surface area (Å²) < 4.78 is 14.6. The van der Waals surface area contributed by atoms with E-state index in [4.69, 9.17) is 0 Å². The fourth-order valence-electron chi connectivity index (χ4n) is 4.67. The maximum atomic E-state index is 14.6. The summed E-state index contributed by atoms with van der Waals surface area (Å²) in [6.45, 7) is 6.85. The molecule has 2 aromatic carbocycles. The molecule has 1 aliphatic carbocycles. The van der Waals surface area contributed by atoms with E-state index in [1.54, 1.807) is 0 Å². The third kappa shape index (κ3) is 5.84. The van der Waals surface area contributed by atoms with Crippen molar-refractivity contribution >= 4 is 17.9 Å². The van der Waals surface area contributed by atoms with Crippen LogP contribution in [0.25, 0.3) is 0 Å². The third-order valence-corrected chi connectivity index (χ3v) is 9.13. The highest BCUT2D eigenvalue weighted by Crippen LogP contribution is 2.41. The molecule has 0 bridgehead atoms. The summed E-state index contributed by atoms with van der Waals surface area (Å²) in [6.07, 6.45) is 9.72. The zero-order valence-corrected chi connectivity index (χ0v) is 19.7. The highest BCUT2D eigenvalue weighted by Gasteiger charge is 2.36. The molecule has 2 atom stereocenters. The summed E-state index contributed by atoms with van der Waals surface area (Å²) in [5, 5.41) is 5.58. The first-order valence-electron chi connectivity index (χ1n) is 11.9. The summed E-state index contributed by atoms with van der Waals surface area (Å²) in [5.41, 5.74) is 0. The third-order valence-electron chi connectivity index (χ3n) is 6.38. The molecule has 0 spiro atoms. The number of unbranched alkanes of at least 4 members (excludes halogenated alkanes) is 2. The van der Waals surface area contributed by atoms with Gasteiger partial charge in [-0.1, -0.05) is 75.9 Å². The SMILES string of the molecule is CCCCN(CCCC)[C@@H]1CCCC[C@H]1NP(=O)(c1ccccc1)c1ccccc1. The Kier molecular flexibility index (Phi) is 9.18. The summed E-state index contributed by atoms with van der Waals surface area (Å²) in [4.78, 5) is 2.70. The van der Waals surface area contributed by atoms with E-state index in [2.05, 4.69) is 23.8 Å². The molecule has 1 aliphatic rings. The molecule has 0 radical (unpaired) electrons. The highest BCUT2D eigenvalue weighted by atomic mass is 31.2. The van der Waals surface area contributed by atoms with Crippen LogP contribution in [0.1, 0.15) is 65.2 Å². The maximum Gasteiger partial charge on any atom is 0.204 e. The second-order valence-electron chi connectivity index (χ2n) is 8.61. The first kappa shape index (κ1) is 23.3. The fraction of sp³-hybridized carbons (Fsp3) is 0.538. The van der Waals surface area contributed by atoms with Gasteiger partial charge in [0.25, 0.3) is 0 Å². The van der Waals surface area contributed by atoms with E-state index in [0.717, 1.165) is 30.1 Å². The van der Waals surface area contributed by atoms with Crippen LogP contribution in [0.3, 0.4) is 0 Å². The number of nitrogens with one attached hydrogen (secondary N) is 1. The molecule has 0 unspecified atom stereocenters. The van der Waals surface area contributed by atoms with Crippen LogP contribution >= 0.6 is 7.29 Å². The predicted molar refractivity (Wildman–Crippen MR) is 130 cm³/mol. The summed E-state index contributed by atoms with van der Waals surface area (Å²) in [6, 6.07) is 20.8. The van der Waals surface area contributed by atoms with Crippen LogP contribution < -0.4 is 15.7 Å². The minimum absolute atomic E-state index is 0.263. The standard InChI is InChI=1S/C26H39N2OP/c1-3-5-21-28(22-6-4-2)26-20-14-13-19-25(26)27-30(29,23-15-9-7-10-16-23)24-17-11-8-12-18-24/h7-12,15-18,25-26H,3-6,13-14,19-22H2,1-2H3,(H,27,29)/t25-,26-/m1/s1. The minimum atomic E-state index is -2.90. The number of hydrogen-bond donors (Lipinski definition) is 1. The summed E-state index contributed by atoms with van der Waals surface area (Å²) >= 11 is 0. The Balaban J connectivity index is 1.90. The Labute approximate surface area is 183 Å². The molecule has 1 saturated carbocycles. The lowest BCUT2D eigenvalue weighted by Gasteiger charge is -2.42. The van der Waals surface area contributed by atoms with Crippen LogP contribution in [0.2, 0.25) is 0 Å². The van der Waals surface area contributed by atoms with Gasteiger partial charge in [0.2, 0.25) is 7.29 Å². The van der Waals surface area contributed by atoms with E-state index in [9.17, 15) is 4.57 Å². The largest absolute Gasteiger partial charge is 0.299 e. The van der Waals surface area contributed by atoms with Gasteiger partial charge in [-0.25, -0.2) is 0 Å². The quantitative estimate of drug-likeness (QED) is 0.467. The normalized spacial score (nSPS) is 19.8. The van der Waals surface area contributed by atoms with Crippen molar-refractivity contribution in [1.82, 2.24) is 9.99 Å². The van der Waals surface area contributed by atoms with Crippen molar-refractivity contribution in [2.75, 3.05) is 13.1 Å². The lowest BCUT2D eigenvalue weighted by Crippen LogP contribution is -2.52. The van der Waals surface area contributed by atoms with Crippen LogP contribution in [-0.2, 0) is 4.57 Å². The van der Waals surface area contributed by atoms with Crippen molar-refractivity contribution in [2.24, 2.45) is 0 Å². The first-order chi connectivity index (χ1) is 14.7. The second-order valence-corrected chi connectivity index (χ2v) is 11.1. The number of nitrogens with zero attached hydrogens (tertiary/aromatic N) is 1. The van der Waals surface area contributed by atoms with Gasteiger partial charge in [0.1, 0.15) is 0 Å².